The average Bonchev–Trinajstić information content (AvgIpc) is 3.13. The smallest absolute Gasteiger partial charge is 0.155 e. The fourth-order valence-corrected chi connectivity index (χ4v) is 3.31. The Balaban J connectivity index is 1.62. The Morgan fingerprint density at radius 1 is 1.22 bits per heavy atom. The molecule has 4 rings (SSSR count). The fourth-order valence-electron chi connectivity index (χ4n) is 3.31. The summed E-state index contributed by atoms with van der Waals surface area (Å²) in [6.45, 7) is 1.27. The van der Waals surface area contributed by atoms with Gasteiger partial charge in [0.1, 0.15) is 5.82 Å². The highest BCUT2D eigenvalue weighted by molar-refractivity contribution is 5.37. The van der Waals surface area contributed by atoms with Gasteiger partial charge in [-0.25, -0.2) is 9.37 Å². The number of fused-ring (bicyclic) bond motifs is 1. The van der Waals surface area contributed by atoms with Crippen LogP contribution in [0, 0.1) is 5.82 Å². The highest BCUT2D eigenvalue weighted by Crippen LogP contribution is 2.33. The van der Waals surface area contributed by atoms with E-state index >= 15 is 0 Å². The van der Waals surface area contributed by atoms with E-state index in [4.69, 9.17) is 0 Å². The molecule has 2 atom stereocenters. The summed E-state index contributed by atoms with van der Waals surface area (Å²) in [5, 5.41) is 10.1. The van der Waals surface area contributed by atoms with Gasteiger partial charge in [0.2, 0.25) is 0 Å². The van der Waals surface area contributed by atoms with Crippen molar-refractivity contribution in [3.63, 3.8) is 0 Å². The third-order valence-corrected chi connectivity index (χ3v) is 4.40. The highest BCUT2D eigenvalue weighted by Gasteiger charge is 2.32. The number of benzene rings is 1. The van der Waals surface area contributed by atoms with Gasteiger partial charge in [0, 0.05) is 31.5 Å². The topological polar surface area (TPSA) is 53.7 Å². The zero-order valence-electron chi connectivity index (χ0n) is 12.5. The van der Waals surface area contributed by atoms with Gasteiger partial charge in [-0.2, -0.15) is 0 Å². The number of likely N-dealkylation sites (tertiary alicyclic amines) is 1. The number of aliphatic hydroxyl groups excluding tert-OH is 1. The number of hydrogen-bond donors (Lipinski definition) is 1. The lowest BCUT2D eigenvalue weighted by atomic mass is 10.0. The monoisotopic (exact) mass is 312 g/mol. The molecule has 1 N–H and O–H groups in total. The van der Waals surface area contributed by atoms with Crippen LogP contribution in [0.25, 0.3) is 5.65 Å². The van der Waals surface area contributed by atoms with Crippen molar-refractivity contribution in [3.8, 4) is 0 Å². The lowest BCUT2D eigenvalue weighted by Gasteiger charge is -2.24. The van der Waals surface area contributed by atoms with E-state index in [-0.39, 0.29) is 18.0 Å². The summed E-state index contributed by atoms with van der Waals surface area (Å²) in [6.07, 6.45) is 7.46. The molecule has 1 aromatic carbocycles. The van der Waals surface area contributed by atoms with E-state index in [0.717, 1.165) is 16.9 Å². The van der Waals surface area contributed by atoms with Crippen molar-refractivity contribution in [2.24, 2.45) is 0 Å². The number of imidazole rings is 1. The maximum Gasteiger partial charge on any atom is 0.155 e. The molecule has 1 fully saturated rings. The molecule has 0 spiro atoms. The van der Waals surface area contributed by atoms with Gasteiger partial charge < -0.3 is 5.11 Å². The van der Waals surface area contributed by atoms with Crippen LogP contribution in [0.1, 0.15) is 23.7 Å². The molecular weight excluding hydrogens is 295 g/mol. The molecule has 3 heterocycles. The quantitative estimate of drug-likeness (QED) is 0.805. The summed E-state index contributed by atoms with van der Waals surface area (Å²) in [6, 6.07) is 6.61. The average molecular weight is 312 g/mol. The summed E-state index contributed by atoms with van der Waals surface area (Å²) in [5.41, 5.74) is 2.88. The SMILES string of the molecule is O[C@H]1C[C@H](c2ccc(F)cc2)N(Cc2cnc3cnccn23)C1. The van der Waals surface area contributed by atoms with Crippen molar-refractivity contribution in [2.45, 2.75) is 25.1 Å². The van der Waals surface area contributed by atoms with Gasteiger partial charge in [-0.15, -0.1) is 0 Å². The normalized spacial score (nSPS) is 22.0. The van der Waals surface area contributed by atoms with Crippen molar-refractivity contribution >= 4 is 5.65 Å². The maximum atomic E-state index is 13.1. The highest BCUT2D eigenvalue weighted by atomic mass is 19.1. The number of nitrogens with zero attached hydrogens (tertiary/aromatic N) is 4. The van der Waals surface area contributed by atoms with Gasteiger partial charge in [0.25, 0.3) is 0 Å². The van der Waals surface area contributed by atoms with Crippen molar-refractivity contribution in [1.29, 1.82) is 0 Å². The Bertz CT molecular complexity index is 817. The number of halogens is 1. The van der Waals surface area contributed by atoms with Crippen molar-refractivity contribution < 1.29 is 9.50 Å². The molecule has 0 amide bonds. The predicted molar refractivity (Wildman–Crippen MR) is 83.2 cm³/mol. The molecule has 5 nitrogen and oxygen atoms in total. The second-order valence-electron chi connectivity index (χ2n) is 5.94. The summed E-state index contributed by atoms with van der Waals surface area (Å²) in [7, 11) is 0. The van der Waals surface area contributed by atoms with Gasteiger partial charge in [0.15, 0.2) is 5.65 Å². The van der Waals surface area contributed by atoms with Gasteiger partial charge >= 0.3 is 0 Å². The molecule has 1 aliphatic heterocycles. The molecule has 118 valence electrons. The van der Waals surface area contributed by atoms with E-state index < -0.39 is 0 Å². The predicted octanol–water partition coefficient (Wildman–Crippen LogP) is 2.18. The molecule has 0 radical (unpaired) electrons. The van der Waals surface area contributed by atoms with Gasteiger partial charge in [-0.1, -0.05) is 12.1 Å². The molecule has 0 aliphatic carbocycles. The molecule has 1 saturated heterocycles. The molecule has 1 aliphatic rings. The first-order valence-corrected chi connectivity index (χ1v) is 7.64. The minimum absolute atomic E-state index is 0.0815. The lowest BCUT2D eigenvalue weighted by Crippen LogP contribution is -2.25. The minimum atomic E-state index is -0.370. The maximum absolute atomic E-state index is 13.1. The van der Waals surface area contributed by atoms with E-state index in [0.29, 0.717) is 19.5 Å². The molecule has 3 aromatic rings. The molecule has 6 heteroatoms. The molecule has 23 heavy (non-hydrogen) atoms. The van der Waals surface area contributed by atoms with Crippen LogP contribution in [-0.4, -0.2) is 37.0 Å². The zero-order valence-corrected chi connectivity index (χ0v) is 12.5. The first kappa shape index (κ1) is 14.3. The van der Waals surface area contributed by atoms with Crippen LogP contribution >= 0.6 is 0 Å². The summed E-state index contributed by atoms with van der Waals surface area (Å²) >= 11 is 0. The van der Waals surface area contributed by atoms with Crippen LogP contribution in [0.2, 0.25) is 0 Å². The summed E-state index contributed by atoms with van der Waals surface area (Å²) in [4.78, 5) is 10.6. The fraction of sp³-hybridized carbons (Fsp3) is 0.294. The third-order valence-electron chi connectivity index (χ3n) is 4.40. The largest absolute Gasteiger partial charge is 0.392 e. The van der Waals surface area contributed by atoms with Gasteiger partial charge in [-0.3, -0.25) is 14.3 Å². The van der Waals surface area contributed by atoms with Crippen molar-refractivity contribution in [2.75, 3.05) is 6.54 Å². The Morgan fingerprint density at radius 2 is 2.04 bits per heavy atom. The van der Waals surface area contributed by atoms with E-state index in [1.165, 1.54) is 12.1 Å². The van der Waals surface area contributed by atoms with Crippen LogP contribution in [0.3, 0.4) is 0 Å². The van der Waals surface area contributed by atoms with Crippen LogP contribution in [-0.2, 0) is 6.54 Å². The number of aliphatic hydroxyl groups is 1. The Kier molecular flexibility index (Phi) is 3.55. The number of rotatable bonds is 3. The van der Waals surface area contributed by atoms with E-state index in [9.17, 15) is 9.50 Å². The number of aromatic nitrogens is 3. The number of β-amino-alcohol motifs (C(OH)–C–C–N with tert-alkyl or cyclic N) is 1. The van der Waals surface area contributed by atoms with Crippen LogP contribution in [0.5, 0.6) is 0 Å². The molecule has 0 unspecified atom stereocenters. The standard InChI is InChI=1S/C17H17FN4O/c18-13-3-1-12(2-4-13)16-7-15(23)11-21(16)10-14-8-20-17-9-19-5-6-22(14)17/h1-6,8-9,15-16,23H,7,10-11H2/t15-,16+/m0/s1. The molecular formula is C17H17FN4O. The first-order valence-electron chi connectivity index (χ1n) is 7.64. The molecule has 2 aromatic heterocycles. The Morgan fingerprint density at radius 3 is 2.87 bits per heavy atom. The Hall–Kier alpha value is -2.31. The van der Waals surface area contributed by atoms with Crippen LogP contribution in [0.15, 0.2) is 49.1 Å². The van der Waals surface area contributed by atoms with E-state index in [1.807, 2.05) is 16.8 Å². The van der Waals surface area contributed by atoms with Gasteiger partial charge in [-0.05, 0) is 24.1 Å². The van der Waals surface area contributed by atoms with Crippen LogP contribution < -0.4 is 0 Å². The molecule has 0 bridgehead atoms. The summed E-state index contributed by atoms with van der Waals surface area (Å²) in [5.74, 6) is -0.242. The zero-order chi connectivity index (χ0) is 15.8. The number of hydrogen-bond acceptors (Lipinski definition) is 4. The first-order chi connectivity index (χ1) is 11.2. The van der Waals surface area contributed by atoms with E-state index in [2.05, 4.69) is 14.9 Å². The van der Waals surface area contributed by atoms with E-state index in [1.54, 1.807) is 24.5 Å². The second kappa shape index (κ2) is 5.72. The van der Waals surface area contributed by atoms with Crippen molar-refractivity contribution in [3.05, 3.63) is 66.1 Å². The third kappa shape index (κ3) is 2.71. The minimum Gasteiger partial charge on any atom is -0.392 e. The van der Waals surface area contributed by atoms with Gasteiger partial charge in [0.05, 0.1) is 24.2 Å². The summed E-state index contributed by atoms with van der Waals surface area (Å²) < 4.78 is 15.1. The Labute approximate surface area is 133 Å². The van der Waals surface area contributed by atoms with Crippen LogP contribution in [0.4, 0.5) is 4.39 Å². The second-order valence-corrected chi connectivity index (χ2v) is 5.94. The van der Waals surface area contributed by atoms with Crippen molar-refractivity contribution in [1.82, 2.24) is 19.3 Å². The molecule has 0 saturated carbocycles. The lowest BCUT2D eigenvalue weighted by molar-refractivity contribution is 0.172.